The van der Waals surface area contributed by atoms with Gasteiger partial charge in [-0.05, 0) is 36.5 Å². The lowest BCUT2D eigenvalue weighted by atomic mass is 9.86. The van der Waals surface area contributed by atoms with Crippen LogP contribution in [-0.2, 0) is 11.3 Å². The van der Waals surface area contributed by atoms with Gasteiger partial charge in [-0.3, -0.25) is 4.79 Å². The smallest absolute Gasteiger partial charge is 0.251 e. The molecule has 0 radical (unpaired) electrons. The maximum absolute atomic E-state index is 12.2. The summed E-state index contributed by atoms with van der Waals surface area (Å²) in [6.07, 6.45) is 4.84. The second-order valence-electron chi connectivity index (χ2n) is 5.47. The van der Waals surface area contributed by atoms with Crippen LogP contribution >= 0.6 is 0 Å². The van der Waals surface area contributed by atoms with Crippen LogP contribution < -0.4 is 5.32 Å². The molecule has 3 heteroatoms. The summed E-state index contributed by atoms with van der Waals surface area (Å²) >= 11 is 0. The standard InChI is InChI=1S/C16H23NO2/c1-12-5-3-4-6-15(12)17-16(18)14-9-7-13(8-10-14)11-19-2/h7-10,12,15H,3-6,11H2,1-2H3,(H,17,18)/t12-,15-/m0/s1. The fraction of sp³-hybridized carbons (Fsp3) is 0.562. The van der Waals surface area contributed by atoms with Gasteiger partial charge in [0, 0.05) is 18.7 Å². The SMILES string of the molecule is COCc1ccc(C(=O)N[C@H]2CCCC[C@@H]2C)cc1. The molecule has 2 rings (SSSR count). The summed E-state index contributed by atoms with van der Waals surface area (Å²) in [5.41, 5.74) is 1.82. The lowest BCUT2D eigenvalue weighted by Crippen LogP contribution is -2.41. The monoisotopic (exact) mass is 261 g/mol. The first kappa shape index (κ1) is 14.1. The number of hydrogen-bond acceptors (Lipinski definition) is 2. The first-order valence-electron chi connectivity index (χ1n) is 7.09. The Labute approximate surface area is 115 Å². The maximum Gasteiger partial charge on any atom is 0.251 e. The van der Waals surface area contributed by atoms with Crippen molar-refractivity contribution in [2.75, 3.05) is 7.11 Å². The van der Waals surface area contributed by atoms with Gasteiger partial charge in [-0.2, -0.15) is 0 Å². The van der Waals surface area contributed by atoms with Crippen molar-refractivity contribution < 1.29 is 9.53 Å². The van der Waals surface area contributed by atoms with E-state index >= 15 is 0 Å². The number of ether oxygens (including phenoxy) is 1. The quantitative estimate of drug-likeness (QED) is 0.904. The fourth-order valence-electron chi connectivity index (χ4n) is 2.70. The van der Waals surface area contributed by atoms with Gasteiger partial charge in [0.1, 0.15) is 0 Å². The summed E-state index contributed by atoms with van der Waals surface area (Å²) in [5.74, 6) is 0.633. The van der Waals surface area contributed by atoms with Gasteiger partial charge in [-0.25, -0.2) is 0 Å². The van der Waals surface area contributed by atoms with Gasteiger partial charge in [0.15, 0.2) is 0 Å². The molecular weight excluding hydrogens is 238 g/mol. The number of amides is 1. The third kappa shape index (κ3) is 3.80. The van der Waals surface area contributed by atoms with Crippen LogP contribution in [0.25, 0.3) is 0 Å². The van der Waals surface area contributed by atoms with E-state index < -0.39 is 0 Å². The van der Waals surface area contributed by atoms with E-state index in [1.165, 1.54) is 19.3 Å². The van der Waals surface area contributed by atoms with Gasteiger partial charge in [0.05, 0.1) is 6.61 Å². The molecule has 1 aliphatic carbocycles. The Bertz CT molecular complexity index is 413. The summed E-state index contributed by atoms with van der Waals surface area (Å²) in [6.45, 7) is 2.81. The Morgan fingerprint density at radius 2 is 1.95 bits per heavy atom. The molecule has 2 atom stereocenters. The van der Waals surface area contributed by atoms with Gasteiger partial charge >= 0.3 is 0 Å². The summed E-state index contributed by atoms with van der Waals surface area (Å²) < 4.78 is 5.06. The van der Waals surface area contributed by atoms with Crippen molar-refractivity contribution in [1.29, 1.82) is 0 Å². The molecule has 1 saturated carbocycles. The molecule has 19 heavy (non-hydrogen) atoms. The minimum absolute atomic E-state index is 0.0442. The number of hydrogen-bond donors (Lipinski definition) is 1. The van der Waals surface area contributed by atoms with E-state index in [2.05, 4.69) is 12.2 Å². The van der Waals surface area contributed by atoms with Crippen molar-refractivity contribution >= 4 is 5.91 Å². The third-order valence-corrected chi connectivity index (χ3v) is 3.96. The molecule has 1 aromatic rings. The van der Waals surface area contributed by atoms with Gasteiger partial charge < -0.3 is 10.1 Å². The zero-order chi connectivity index (χ0) is 13.7. The van der Waals surface area contributed by atoms with Crippen LogP contribution in [0.15, 0.2) is 24.3 Å². The van der Waals surface area contributed by atoms with Crippen LogP contribution in [0.2, 0.25) is 0 Å². The van der Waals surface area contributed by atoms with Crippen molar-refractivity contribution in [3.8, 4) is 0 Å². The number of carbonyl (C=O) groups excluding carboxylic acids is 1. The summed E-state index contributed by atoms with van der Waals surface area (Å²) in [5, 5.41) is 3.17. The number of nitrogens with one attached hydrogen (secondary N) is 1. The first-order valence-corrected chi connectivity index (χ1v) is 7.09. The molecule has 3 nitrogen and oxygen atoms in total. The molecule has 1 amide bonds. The average molecular weight is 261 g/mol. The highest BCUT2D eigenvalue weighted by atomic mass is 16.5. The van der Waals surface area contributed by atoms with E-state index in [4.69, 9.17) is 4.74 Å². The number of benzene rings is 1. The zero-order valence-electron chi connectivity index (χ0n) is 11.8. The Balaban J connectivity index is 1.95. The van der Waals surface area contributed by atoms with E-state index in [0.29, 0.717) is 18.6 Å². The second kappa shape index (κ2) is 6.71. The Hall–Kier alpha value is -1.35. The fourth-order valence-corrected chi connectivity index (χ4v) is 2.70. The minimum atomic E-state index is 0.0442. The van der Waals surface area contributed by atoms with Gasteiger partial charge in [-0.1, -0.05) is 31.9 Å². The molecule has 0 aliphatic heterocycles. The lowest BCUT2D eigenvalue weighted by molar-refractivity contribution is 0.0910. The van der Waals surface area contributed by atoms with Crippen LogP contribution in [0.1, 0.15) is 48.5 Å². The molecule has 0 bridgehead atoms. The molecule has 1 fully saturated rings. The highest BCUT2D eigenvalue weighted by Crippen LogP contribution is 2.24. The van der Waals surface area contributed by atoms with Crippen molar-refractivity contribution in [2.45, 2.75) is 45.3 Å². The lowest BCUT2D eigenvalue weighted by Gasteiger charge is -2.29. The normalized spacial score (nSPS) is 23.1. The molecular formula is C16H23NO2. The van der Waals surface area contributed by atoms with Crippen LogP contribution in [0, 0.1) is 5.92 Å². The Morgan fingerprint density at radius 1 is 1.26 bits per heavy atom. The summed E-state index contributed by atoms with van der Waals surface area (Å²) in [6, 6.07) is 7.97. The number of methoxy groups -OCH3 is 1. The molecule has 104 valence electrons. The van der Waals surface area contributed by atoms with E-state index in [1.54, 1.807) is 7.11 Å². The van der Waals surface area contributed by atoms with Crippen LogP contribution in [0.4, 0.5) is 0 Å². The third-order valence-electron chi connectivity index (χ3n) is 3.96. The largest absolute Gasteiger partial charge is 0.380 e. The first-order chi connectivity index (χ1) is 9.20. The van der Waals surface area contributed by atoms with Gasteiger partial charge in [-0.15, -0.1) is 0 Å². The Kier molecular flexibility index (Phi) is 4.97. The van der Waals surface area contributed by atoms with Crippen LogP contribution in [-0.4, -0.2) is 19.1 Å². The minimum Gasteiger partial charge on any atom is -0.380 e. The predicted octanol–water partition coefficient (Wildman–Crippen LogP) is 3.14. The molecule has 0 saturated heterocycles. The molecule has 0 heterocycles. The molecule has 1 aliphatic rings. The molecule has 1 aromatic carbocycles. The van der Waals surface area contributed by atoms with E-state index in [0.717, 1.165) is 17.5 Å². The van der Waals surface area contributed by atoms with E-state index in [-0.39, 0.29) is 5.91 Å². The number of carbonyl (C=O) groups is 1. The summed E-state index contributed by atoms with van der Waals surface area (Å²) in [7, 11) is 1.67. The molecule has 0 spiro atoms. The van der Waals surface area contributed by atoms with Crippen LogP contribution in [0.5, 0.6) is 0 Å². The average Bonchev–Trinajstić information content (AvgIpc) is 2.42. The topological polar surface area (TPSA) is 38.3 Å². The van der Waals surface area contributed by atoms with Gasteiger partial charge in [0.25, 0.3) is 5.91 Å². The Morgan fingerprint density at radius 3 is 2.58 bits per heavy atom. The second-order valence-corrected chi connectivity index (χ2v) is 5.47. The number of rotatable bonds is 4. The maximum atomic E-state index is 12.2. The van der Waals surface area contributed by atoms with E-state index in [1.807, 2.05) is 24.3 Å². The highest BCUT2D eigenvalue weighted by molar-refractivity contribution is 5.94. The predicted molar refractivity (Wildman–Crippen MR) is 76.0 cm³/mol. The van der Waals surface area contributed by atoms with Crippen LogP contribution in [0.3, 0.4) is 0 Å². The summed E-state index contributed by atoms with van der Waals surface area (Å²) in [4.78, 5) is 12.2. The molecule has 0 unspecified atom stereocenters. The van der Waals surface area contributed by atoms with Crippen molar-refractivity contribution in [1.82, 2.24) is 5.32 Å². The van der Waals surface area contributed by atoms with Crippen molar-refractivity contribution in [2.24, 2.45) is 5.92 Å². The van der Waals surface area contributed by atoms with Crippen molar-refractivity contribution in [3.05, 3.63) is 35.4 Å². The van der Waals surface area contributed by atoms with Gasteiger partial charge in [0.2, 0.25) is 0 Å². The highest BCUT2D eigenvalue weighted by Gasteiger charge is 2.23. The molecule has 0 aromatic heterocycles. The molecule has 1 N–H and O–H groups in total. The van der Waals surface area contributed by atoms with E-state index in [9.17, 15) is 4.79 Å². The zero-order valence-corrected chi connectivity index (χ0v) is 11.8. The van der Waals surface area contributed by atoms with Crippen molar-refractivity contribution in [3.63, 3.8) is 0 Å².